The number of aryl methyl sites for hydroxylation is 1. The second-order valence-corrected chi connectivity index (χ2v) is 7.71. The van der Waals surface area contributed by atoms with Gasteiger partial charge in [-0.05, 0) is 37.5 Å². The predicted octanol–water partition coefficient (Wildman–Crippen LogP) is 4.36. The number of ether oxygens (including phenoxy) is 1. The van der Waals surface area contributed by atoms with Gasteiger partial charge in [0.25, 0.3) is 5.91 Å². The zero-order valence-electron chi connectivity index (χ0n) is 14.7. The first-order chi connectivity index (χ1) is 12.0. The van der Waals surface area contributed by atoms with E-state index in [0.29, 0.717) is 11.5 Å². The zero-order valence-corrected chi connectivity index (χ0v) is 15.5. The van der Waals surface area contributed by atoms with Gasteiger partial charge in [-0.3, -0.25) is 4.79 Å². The van der Waals surface area contributed by atoms with Crippen LogP contribution in [0.2, 0.25) is 0 Å². The second-order valence-electron chi connectivity index (χ2n) is 6.68. The number of hydrogen-bond acceptors (Lipinski definition) is 4. The largest absolute Gasteiger partial charge is 0.376 e. The van der Waals surface area contributed by atoms with Crippen molar-refractivity contribution in [2.45, 2.75) is 51.7 Å². The second kappa shape index (κ2) is 7.62. The van der Waals surface area contributed by atoms with Gasteiger partial charge >= 0.3 is 0 Å². The van der Waals surface area contributed by atoms with Crippen LogP contribution >= 0.6 is 11.3 Å². The van der Waals surface area contributed by atoms with E-state index in [1.165, 1.54) is 23.5 Å². The number of rotatable bonds is 5. The van der Waals surface area contributed by atoms with Crippen molar-refractivity contribution in [2.24, 2.45) is 0 Å². The summed E-state index contributed by atoms with van der Waals surface area (Å²) in [5.41, 5.74) is 1.60. The molecular weight excluding hydrogens is 339 g/mol. The van der Waals surface area contributed by atoms with Gasteiger partial charge in [-0.25, -0.2) is 9.37 Å². The summed E-state index contributed by atoms with van der Waals surface area (Å²) in [6.07, 6.45) is 1.75. The normalized spacial score (nSPS) is 18.5. The molecule has 25 heavy (non-hydrogen) atoms. The van der Waals surface area contributed by atoms with E-state index < -0.39 is 0 Å². The molecule has 6 heteroatoms. The number of amides is 1. The van der Waals surface area contributed by atoms with E-state index in [4.69, 9.17) is 4.74 Å². The summed E-state index contributed by atoms with van der Waals surface area (Å²) >= 11 is 1.43. The summed E-state index contributed by atoms with van der Waals surface area (Å²) in [5, 5.41) is 4.04. The quantitative estimate of drug-likeness (QED) is 0.859. The Labute approximate surface area is 151 Å². The van der Waals surface area contributed by atoms with Crippen molar-refractivity contribution in [3.05, 3.63) is 51.2 Å². The number of aromatic nitrogens is 1. The van der Waals surface area contributed by atoms with Gasteiger partial charge in [-0.2, -0.15) is 0 Å². The van der Waals surface area contributed by atoms with Crippen LogP contribution in [0.5, 0.6) is 0 Å². The van der Waals surface area contributed by atoms with Crippen molar-refractivity contribution < 1.29 is 13.9 Å². The number of halogens is 1. The highest BCUT2D eigenvalue weighted by Crippen LogP contribution is 2.29. The molecule has 1 saturated heterocycles. The van der Waals surface area contributed by atoms with Crippen LogP contribution < -0.4 is 5.32 Å². The molecule has 1 fully saturated rings. The summed E-state index contributed by atoms with van der Waals surface area (Å²) in [7, 11) is 0. The molecule has 4 nitrogen and oxygen atoms in total. The molecule has 2 aromatic rings. The maximum absolute atomic E-state index is 13.3. The van der Waals surface area contributed by atoms with Crippen LogP contribution in [0.1, 0.15) is 64.6 Å². The van der Waals surface area contributed by atoms with Gasteiger partial charge in [0.1, 0.15) is 10.7 Å². The van der Waals surface area contributed by atoms with E-state index in [-0.39, 0.29) is 29.8 Å². The highest BCUT2D eigenvalue weighted by Gasteiger charge is 2.30. The van der Waals surface area contributed by atoms with Crippen LogP contribution in [0, 0.1) is 12.7 Å². The van der Waals surface area contributed by atoms with E-state index >= 15 is 0 Å². The molecule has 2 heterocycles. The molecule has 0 saturated carbocycles. The summed E-state index contributed by atoms with van der Waals surface area (Å²) in [6, 6.07) is 5.96. The molecule has 1 N–H and O–H groups in total. The van der Waals surface area contributed by atoms with Crippen LogP contribution in [0.3, 0.4) is 0 Å². The Morgan fingerprint density at radius 2 is 2.08 bits per heavy atom. The standard InChI is InChI=1S/C19H23FN2O2S/c1-11(2)19-21-12(3)17(25-19)18(23)22-16(15-5-4-10-24-15)13-6-8-14(20)9-7-13/h6-9,11,15-16H,4-5,10H2,1-3H3,(H,22,23)/t15-,16+/m1/s1. The molecule has 1 aliphatic heterocycles. The molecule has 134 valence electrons. The van der Waals surface area contributed by atoms with Crippen molar-refractivity contribution in [1.29, 1.82) is 0 Å². The summed E-state index contributed by atoms with van der Waals surface area (Å²) in [5.74, 6) is -0.149. The van der Waals surface area contributed by atoms with E-state index in [9.17, 15) is 9.18 Å². The van der Waals surface area contributed by atoms with Gasteiger partial charge < -0.3 is 10.1 Å². The number of hydrogen-bond donors (Lipinski definition) is 1. The first-order valence-electron chi connectivity index (χ1n) is 8.61. The molecule has 3 rings (SSSR count). The number of nitrogens with one attached hydrogen (secondary N) is 1. The summed E-state index contributed by atoms with van der Waals surface area (Å²) in [4.78, 5) is 18.0. The number of nitrogens with zero attached hydrogens (tertiary/aromatic N) is 1. The SMILES string of the molecule is Cc1nc(C(C)C)sc1C(=O)N[C@@H](c1ccc(F)cc1)[C@H]1CCCO1. The molecule has 1 aromatic heterocycles. The third kappa shape index (κ3) is 4.07. The fraction of sp³-hybridized carbons (Fsp3) is 0.474. The van der Waals surface area contributed by atoms with E-state index in [1.807, 2.05) is 6.92 Å². The fourth-order valence-corrected chi connectivity index (χ4v) is 3.98. The maximum atomic E-state index is 13.3. The lowest BCUT2D eigenvalue weighted by atomic mass is 9.99. The highest BCUT2D eigenvalue weighted by atomic mass is 32.1. The zero-order chi connectivity index (χ0) is 18.0. The molecule has 0 bridgehead atoms. The topological polar surface area (TPSA) is 51.2 Å². The molecular formula is C19H23FN2O2S. The Balaban J connectivity index is 1.84. The van der Waals surface area contributed by atoms with Crippen molar-refractivity contribution in [2.75, 3.05) is 6.61 Å². The average Bonchev–Trinajstić information content (AvgIpc) is 3.23. The number of thiazole rings is 1. The molecule has 1 amide bonds. The van der Waals surface area contributed by atoms with Gasteiger partial charge in [-0.15, -0.1) is 11.3 Å². The number of carbonyl (C=O) groups is 1. The molecule has 0 radical (unpaired) electrons. The predicted molar refractivity (Wildman–Crippen MR) is 96.5 cm³/mol. The van der Waals surface area contributed by atoms with Gasteiger partial charge in [0, 0.05) is 12.5 Å². The lowest BCUT2D eigenvalue weighted by molar-refractivity contribution is 0.0674. The lowest BCUT2D eigenvalue weighted by Crippen LogP contribution is -2.36. The Hall–Kier alpha value is -1.79. The monoisotopic (exact) mass is 362 g/mol. The van der Waals surface area contributed by atoms with Crippen LogP contribution in [0.25, 0.3) is 0 Å². The Kier molecular flexibility index (Phi) is 5.49. The van der Waals surface area contributed by atoms with Crippen molar-refractivity contribution in [3.8, 4) is 0 Å². The Bertz CT molecular complexity index is 736. The van der Waals surface area contributed by atoms with Crippen molar-refractivity contribution >= 4 is 17.2 Å². The average molecular weight is 362 g/mol. The highest BCUT2D eigenvalue weighted by molar-refractivity contribution is 7.13. The van der Waals surface area contributed by atoms with Crippen LogP contribution in [-0.4, -0.2) is 23.6 Å². The third-order valence-electron chi connectivity index (χ3n) is 4.37. The first kappa shape index (κ1) is 18.0. The maximum Gasteiger partial charge on any atom is 0.263 e. The summed E-state index contributed by atoms with van der Waals surface area (Å²) < 4.78 is 19.1. The Morgan fingerprint density at radius 1 is 1.36 bits per heavy atom. The molecule has 0 spiro atoms. The van der Waals surface area contributed by atoms with Gasteiger partial charge in [0.2, 0.25) is 0 Å². The Morgan fingerprint density at radius 3 is 2.64 bits per heavy atom. The minimum absolute atomic E-state index is 0.0905. The molecule has 0 unspecified atom stereocenters. The summed E-state index contributed by atoms with van der Waals surface area (Å²) in [6.45, 7) is 6.67. The van der Waals surface area contributed by atoms with E-state index in [0.717, 1.165) is 29.1 Å². The molecule has 0 aliphatic carbocycles. The number of benzene rings is 1. The molecule has 1 aliphatic rings. The van der Waals surface area contributed by atoms with Gasteiger partial charge in [0.15, 0.2) is 0 Å². The van der Waals surface area contributed by atoms with Crippen LogP contribution in [-0.2, 0) is 4.74 Å². The van der Waals surface area contributed by atoms with Crippen LogP contribution in [0.4, 0.5) is 4.39 Å². The number of carbonyl (C=O) groups excluding carboxylic acids is 1. The van der Waals surface area contributed by atoms with Crippen LogP contribution in [0.15, 0.2) is 24.3 Å². The van der Waals surface area contributed by atoms with Gasteiger partial charge in [0.05, 0.1) is 22.8 Å². The first-order valence-corrected chi connectivity index (χ1v) is 9.42. The van der Waals surface area contributed by atoms with E-state index in [1.54, 1.807) is 12.1 Å². The third-order valence-corrected chi connectivity index (χ3v) is 5.82. The van der Waals surface area contributed by atoms with E-state index in [2.05, 4.69) is 24.1 Å². The fourth-order valence-electron chi connectivity index (χ4n) is 3.01. The van der Waals surface area contributed by atoms with Crippen molar-refractivity contribution in [1.82, 2.24) is 10.3 Å². The van der Waals surface area contributed by atoms with Crippen molar-refractivity contribution in [3.63, 3.8) is 0 Å². The van der Waals surface area contributed by atoms with Gasteiger partial charge in [-0.1, -0.05) is 26.0 Å². The minimum Gasteiger partial charge on any atom is -0.376 e. The molecule has 1 aromatic carbocycles. The smallest absolute Gasteiger partial charge is 0.263 e. The molecule has 2 atom stereocenters. The minimum atomic E-state index is -0.292. The lowest BCUT2D eigenvalue weighted by Gasteiger charge is -2.24.